The van der Waals surface area contributed by atoms with Gasteiger partial charge < -0.3 is 10.1 Å². The molecule has 1 amide bonds. The molecule has 0 saturated heterocycles. The van der Waals surface area contributed by atoms with Gasteiger partial charge in [-0.15, -0.1) is 0 Å². The van der Waals surface area contributed by atoms with Gasteiger partial charge in [0.15, 0.2) is 0 Å². The fourth-order valence-corrected chi connectivity index (χ4v) is 1.16. The maximum atomic E-state index is 10.7. The first-order valence-electron chi connectivity index (χ1n) is 3.58. The molecule has 1 aliphatic carbocycles. The Bertz CT molecular complexity index is 179. The van der Waals surface area contributed by atoms with E-state index in [1.165, 1.54) is 7.11 Å². The Kier molecular flexibility index (Phi) is 2.46. The predicted octanol–water partition coefficient (Wildman–Crippen LogP) is 0.464. The van der Waals surface area contributed by atoms with Crippen LogP contribution in [0.2, 0.25) is 0 Å². The van der Waals surface area contributed by atoms with Gasteiger partial charge in [-0.05, 0) is 6.42 Å². The number of hydrogen-bond donors (Lipinski definition) is 1. The van der Waals surface area contributed by atoms with Crippen LogP contribution in [0.3, 0.4) is 0 Å². The summed E-state index contributed by atoms with van der Waals surface area (Å²) in [6, 6.07) is -0.00468. The highest BCUT2D eigenvalue weighted by Crippen LogP contribution is 2.14. The van der Waals surface area contributed by atoms with Gasteiger partial charge >= 0.3 is 6.09 Å². The summed E-state index contributed by atoms with van der Waals surface area (Å²) in [5.74, 6) is 0.214. The lowest BCUT2D eigenvalue weighted by atomic mass is 10.3. The Hall–Kier alpha value is -1.06. The molecule has 1 aliphatic rings. The molecule has 1 N–H and O–H groups in total. The van der Waals surface area contributed by atoms with Crippen LogP contribution in [-0.2, 0) is 9.53 Å². The molecule has 0 heterocycles. The van der Waals surface area contributed by atoms with Crippen LogP contribution in [0.5, 0.6) is 0 Å². The second kappa shape index (κ2) is 3.37. The van der Waals surface area contributed by atoms with E-state index in [1.54, 1.807) is 0 Å². The van der Waals surface area contributed by atoms with Crippen LogP contribution in [0.1, 0.15) is 19.3 Å². The van der Waals surface area contributed by atoms with Crippen molar-refractivity contribution < 1.29 is 14.3 Å². The summed E-state index contributed by atoms with van der Waals surface area (Å²) in [4.78, 5) is 21.4. The summed E-state index contributed by atoms with van der Waals surface area (Å²) in [7, 11) is 1.31. The van der Waals surface area contributed by atoms with Crippen molar-refractivity contribution in [2.75, 3.05) is 7.11 Å². The third-order valence-corrected chi connectivity index (χ3v) is 1.75. The van der Waals surface area contributed by atoms with E-state index < -0.39 is 6.09 Å². The van der Waals surface area contributed by atoms with E-state index in [4.69, 9.17) is 0 Å². The van der Waals surface area contributed by atoms with Gasteiger partial charge in [0.25, 0.3) is 0 Å². The lowest BCUT2D eigenvalue weighted by Crippen LogP contribution is -2.32. The zero-order valence-electron chi connectivity index (χ0n) is 6.42. The van der Waals surface area contributed by atoms with Crippen molar-refractivity contribution in [3.8, 4) is 0 Å². The molecule has 0 spiro atoms. The van der Waals surface area contributed by atoms with Crippen molar-refractivity contribution in [2.24, 2.45) is 0 Å². The first-order chi connectivity index (χ1) is 5.22. The van der Waals surface area contributed by atoms with Gasteiger partial charge in [0.1, 0.15) is 5.78 Å². The molecule has 4 heteroatoms. The Morgan fingerprint density at radius 3 is 2.91 bits per heavy atom. The molecule has 0 aromatic heterocycles. The highest BCUT2D eigenvalue weighted by atomic mass is 16.5. The summed E-state index contributed by atoms with van der Waals surface area (Å²) < 4.78 is 4.39. The van der Waals surface area contributed by atoms with Crippen LogP contribution >= 0.6 is 0 Å². The van der Waals surface area contributed by atoms with Crippen molar-refractivity contribution >= 4 is 11.9 Å². The number of carbonyl (C=O) groups is 2. The van der Waals surface area contributed by atoms with E-state index in [0.29, 0.717) is 12.8 Å². The van der Waals surface area contributed by atoms with E-state index >= 15 is 0 Å². The minimum Gasteiger partial charge on any atom is -0.453 e. The van der Waals surface area contributed by atoms with Crippen LogP contribution in [0.4, 0.5) is 4.79 Å². The van der Waals surface area contributed by atoms with Gasteiger partial charge in [0, 0.05) is 18.9 Å². The van der Waals surface area contributed by atoms with Gasteiger partial charge in [0.2, 0.25) is 0 Å². The van der Waals surface area contributed by atoms with Crippen molar-refractivity contribution in [3.63, 3.8) is 0 Å². The molecule has 0 bridgehead atoms. The second-order valence-electron chi connectivity index (χ2n) is 2.61. The number of ether oxygens (including phenoxy) is 1. The molecule has 1 saturated carbocycles. The third-order valence-electron chi connectivity index (χ3n) is 1.75. The number of carbonyl (C=O) groups excluding carboxylic acids is 2. The Morgan fingerprint density at radius 2 is 2.45 bits per heavy atom. The zero-order valence-corrected chi connectivity index (χ0v) is 6.42. The van der Waals surface area contributed by atoms with Crippen LogP contribution in [-0.4, -0.2) is 25.0 Å². The van der Waals surface area contributed by atoms with Gasteiger partial charge in [-0.1, -0.05) is 0 Å². The average molecular weight is 157 g/mol. The first-order valence-corrected chi connectivity index (χ1v) is 3.58. The average Bonchev–Trinajstić information content (AvgIpc) is 2.35. The van der Waals surface area contributed by atoms with Crippen molar-refractivity contribution in [3.05, 3.63) is 0 Å². The summed E-state index contributed by atoms with van der Waals surface area (Å²) in [6.45, 7) is 0. The van der Waals surface area contributed by atoms with Crippen molar-refractivity contribution in [1.82, 2.24) is 5.32 Å². The van der Waals surface area contributed by atoms with E-state index in [9.17, 15) is 9.59 Å². The van der Waals surface area contributed by atoms with Crippen LogP contribution in [0.25, 0.3) is 0 Å². The maximum Gasteiger partial charge on any atom is 0.407 e. The van der Waals surface area contributed by atoms with E-state index in [2.05, 4.69) is 10.1 Å². The Morgan fingerprint density at radius 1 is 1.73 bits per heavy atom. The topological polar surface area (TPSA) is 55.4 Å². The molecular weight excluding hydrogens is 146 g/mol. The van der Waals surface area contributed by atoms with Crippen LogP contribution < -0.4 is 5.32 Å². The van der Waals surface area contributed by atoms with Crippen molar-refractivity contribution in [1.29, 1.82) is 0 Å². The maximum absolute atomic E-state index is 10.7. The van der Waals surface area contributed by atoms with E-state index in [0.717, 1.165) is 6.42 Å². The largest absolute Gasteiger partial charge is 0.453 e. The van der Waals surface area contributed by atoms with Gasteiger partial charge in [-0.25, -0.2) is 4.79 Å². The highest BCUT2D eigenvalue weighted by molar-refractivity contribution is 5.82. The highest BCUT2D eigenvalue weighted by Gasteiger charge is 2.23. The number of rotatable bonds is 1. The fourth-order valence-electron chi connectivity index (χ4n) is 1.16. The summed E-state index contributed by atoms with van der Waals surface area (Å²) >= 11 is 0. The molecule has 0 aromatic rings. The number of nitrogens with one attached hydrogen (secondary N) is 1. The van der Waals surface area contributed by atoms with Gasteiger partial charge in [-0.3, -0.25) is 4.79 Å². The first kappa shape index (κ1) is 8.04. The Labute approximate surface area is 64.9 Å². The summed E-state index contributed by atoms with van der Waals surface area (Å²) in [6.07, 6.45) is 1.32. The lowest BCUT2D eigenvalue weighted by Gasteiger charge is -2.08. The molecule has 1 atom stereocenters. The fraction of sp³-hybridized carbons (Fsp3) is 0.714. The molecule has 1 fully saturated rings. The van der Waals surface area contributed by atoms with Crippen molar-refractivity contribution in [2.45, 2.75) is 25.3 Å². The molecule has 0 unspecified atom stereocenters. The van der Waals surface area contributed by atoms with Gasteiger partial charge in [-0.2, -0.15) is 0 Å². The number of methoxy groups -OCH3 is 1. The number of alkyl carbamates (subject to hydrolysis) is 1. The minimum atomic E-state index is -0.454. The zero-order chi connectivity index (χ0) is 8.27. The number of Topliss-reactive ketones (excluding diaryl/α,β-unsaturated/α-hetero) is 1. The molecule has 4 nitrogen and oxygen atoms in total. The summed E-state index contributed by atoms with van der Waals surface area (Å²) in [5.41, 5.74) is 0. The number of amides is 1. The van der Waals surface area contributed by atoms with E-state index in [-0.39, 0.29) is 11.8 Å². The SMILES string of the molecule is COC(=O)N[C@@H]1CCC(=O)C1. The summed E-state index contributed by atoms with van der Waals surface area (Å²) in [5, 5.41) is 2.58. The molecule has 62 valence electrons. The second-order valence-corrected chi connectivity index (χ2v) is 2.61. The quantitative estimate of drug-likeness (QED) is 0.601. The van der Waals surface area contributed by atoms with E-state index in [1.807, 2.05) is 0 Å². The normalized spacial score (nSPS) is 23.4. The smallest absolute Gasteiger partial charge is 0.407 e. The molecule has 0 aliphatic heterocycles. The molecule has 0 radical (unpaired) electrons. The molecular formula is C7H11NO3. The minimum absolute atomic E-state index is 0.00468. The monoisotopic (exact) mass is 157 g/mol. The molecule has 1 rings (SSSR count). The number of ketones is 1. The van der Waals surface area contributed by atoms with Crippen LogP contribution in [0.15, 0.2) is 0 Å². The third kappa shape index (κ3) is 2.22. The van der Waals surface area contributed by atoms with Gasteiger partial charge in [0.05, 0.1) is 7.11 Å². The lowest BCUT2D eigenvalue weighted by molar-refractivity contribution is -0.117. The van der Waals surface area contributed by atoms with Crippen LogP contribution in [0, 0.1) is 0 Å². The molecule has 0 aromatic carbocycles. The Balaban J connectivity index is 2.28. The molecule has 11 heavy (non-hydrogen) atoms. The number of hydrogen-bond acceptors (Lipinski definition) is 3. The predicted molar refractivity (Wildman–Crippen MR) is 38.2 cm³/mol. The standard InChI is InChI=1S/C7H11NO3/c1-11-7(10)8-5-2-3-6(9)4-5/h5H,2-4H2,1H3,(H,8,10)/t5-/m1/s1.